The second-order valence-electron chi connectivity index (χ2n) is 6.88. The number of halogens is 4. The van der Waals surface area contributed by atoms with Crippen LogP contribution in [0.4, 0.5) is 18.9 Å². The Balaban J connectivity index is 1.99. The number of amides is 2. The fourth-order valence-corrected chi connectivity index (χ4v) is 4.62. The Morgan fingerprint density at radius 3 is 2.55 bits per heavy atom. The zero-order valence-electron chi connectivity index (χ0n) is 16.9. The summed E-state index contributed by atoms with van der Waals surface area (Å²) in [5.74, 6) is -1.61. The van der Waals surface area contributed by atoms with Crippen LogP contribution in [0, 0.1) is 0 Å². The van der Waals surface area contributed by atoms with E-state index in [0.717, 1.165) is 6.07 Å². The van der Waals surface area contributed by atoms with E-state index in [0.29, 0.717) is 23.4 Å². The van der Waals surface area contributed by atoms with Crippen molar-refractivity contribution in [2.24, 2.45) is 5.73 Å². The van der Waals surface area contributed by atoms with E-state index in [1.807, 2.05) is 0 Å². The zero-order valence-corrected chi connectivity index (χ0v) is 18.5. The maximum atomic E-state index is 13.6. The number of primary amides is 1. The number of nitrogens with one attached hydrogen (secondary N) is 1. The maximum Gasteiger partial charge on any atom is 0.433 e. The topological polar surface area (TPSA) is 103 Å². The lowest BCUT2D eigenvalue weighted by atomic mass is 10.0. The van der Waals surface area contributed by atoms with Crippen molar-refractivity contribution in [2.75, 3.05) is 5.32 Å². The Morgan fingerprint density at radius 2 is 1.94 bits per heavy atom. The second-order valence-corrected chi connectivity index (χ2v) is 8.29. The number of hydrogen-bond acceptors (Lipinski definition) is 5. The molecule has 7 nitrogen and oxygen atoms in total. The molecule has 1 aromatic carbocycles. The minimum absolute atomic E-state index is 0.0347. The normalized spacial score (nSPS) is 11.7. The summed E-state index contributed by atoms with van der Waals surface area (Å²) in [6.07, 6.45) is -3.42. The molecule has 4 aromatic rings. The maximum absolute atomic E-state index is 13.6. The molecule has 0 saturated heterocycles. The SMILES string of the molecule is CCn1ncc(Cl)c1C(=O)Nc1c(C(N)=O)sc2nc(C(F)(F)F)cc(-c3ccccc3)c12. The van der Waals surface area contributed by atoms with Crippen molar-refractivity contribution < 1.29 is 22.8 Å². The van der Waals surface area contributed by atoms with Gasteiger partial charge in [0.2, 0.25) is 0 Å². The van der Waals surface area contributed by atoms with Gasteiger partial charge in [0.25, 0.3) is 11.8 Å². The van der Waals surface area contributed by atoms with E-state index in [2.05, 4.69) is 15.4 Å². The number of carbonyl (C=O) groups is 2. The minimum Gasteiger partial charge on any atom is -0.365 e. The highest BCUT2D eigenvalue weighted by atomic mass is 35.5. The van der Waals surface area contributed by atoms with Crippen molar-refractivity contribution in [3.05, 3.63) is 63.9 Å². The van der Waals surface area contributed by atoms with Crippen LogP contribution in [0.5, 0.6) is 0 Å². The molecule has 33 heavy (non-hydrogen) atoms. The molecule has 3 N–H and O–H groups in total. The van der Waals surface area contributed by atoms with Gasteiger partial charge in [0.05, 0.1) is 16.9 Å². The third kappa shape index (κ3) is 4.16. The highest BCUT2D eigenvalue weighted by Crippen LogP contribution is 2.43. The number of anilines is 1. The van der Waals surface area contributed by atoms with Crippen LogP contribution in [0.2, 0.25) is 5.02 Å². The van der Waals surface area contributed by atoms with E-state index < -0.39 is 23.7 Å². The molecule has 170 valence electrons. The third-order valence-corrected chi connectivity index (χ3v) is 6.18. The van der Waals surface area contributed by atoms with Gasteiger partial charge in [-0.25, -0.2) is 4.98 Å². The first-order valence-corrected chi connectivity index (χ1v) is 10.7. The molecule has 0 bridgehead atoms. The molecule has 4 rings (SSSR count). The van der Waals surface area contributed by atoms with Gasteiger partial charge in [-0.3, -0.25) is 14.3 Å². The molecule has 2 amide bonds. The Hall–Kier alpha value is -3.44. The zero-order chi connectivity index (χ0) is 23.9. The molecule has 3 heterocycles. The molecule has 0 aliphatic rings. The van der Waals surface area contributed by atoms with Crippen LogP contribution in [0.1, 0.15) is 32.8 Å². The number of benzene rings is 1. The molecule has 0 aliphatic carbocycles. The molecular weight excluding hydrogens is 479 g/mol. The summed E-state index contributed by atoms with van der Waals surface area (Å²) >= 11 is 6.78. The highest BCUT2D eigenvalue weighted by molar-refractivity contribution is 7.21. The average Bonchev–Trinajstić information content (AvgIpc) is 3.33. The first-order valence-electron chi connectivity index (χ1n) is 9.54. The van der Waals surface area contributed by atoms with Gasteiger partial charge in [-0.1, -0.05) is 41.9 Å². The number of pyridine rings is 1. The number of nitrogens with zero attached hydrogens (tertiary/aromatic N) is 3. The summed E-state index contributed by atoms with van der Waals surface area (Å²) in [5.41, 5.74) is 4.95. The predicted molar refractivity (Wildman–Crippen MR) is 119 cm³/mol. The van der Waals surface area contributed by atoms with Gasteiger partial charge >= 0.3 is 6.18 Å². The van der Waals surface area contributed by atoms with Crippen molar-refractivity contribution in [3.63, 3.8) is 0 Å². The van der Waals surface area contributed by atoms with Gasteiger partial charge in [0.15, 0.2) is 0 Å². The fourth-order valence-electron chi connectivity index (χ4n) is 3.38. The van der Waals surface area contributed by atoms with Crippen LogP contribution in [-0.2, 0) is 12.7 Å². The van der Waals surface area contributed by atoms with Gasteiger partial charge in [0.1, 0.15) is 21.1 Å². The fraction of sp³-hybridized carbons (Fsp3) is 0.143. The molecular formula is C21H15ClF3N5O2S. The van der Waals surface area contributed by atoms with Crippen LogP contribution >= 0.6 is 22.9 Å². The Bertz CT molecular complexity index is 1380. The van der Waals surface area contributed by atoms with Crippen molar-refractivity contribution in [1.29, 1.82) is 0 Å². The molecule has 0 radical (unpaired) electrons. The van der Waals surface area contributed by atoms with Crippen molar-refractivity contribution in [3.8, 4) is 11.1 Å². The summed E-state index contributed by atoms with van der Waals surface area (Å²) in [5, 5.41) is 6.86. The number of alkyl halides is 3. The monoisotopic (exact) mass is 493 g/mol. The molecule has 12 heteroatoms. The van der Waals surface area contributed by atoms with Crippen LogP contribution in [0.15, 0.2) is 42.6 Å². The van der Waals surface area contributed by atoms with Crippen molar-refractivity contribution >= 4 is 50.7 Å². The molecule has 0 aliphatic heterocycles. The van der Waals surface area contributed by atoms with E-state index in [4.69, 9.17) is 17.3 Å². The lowest BCUT2D eigenvalue weighted by Crippen LogP contribution is -2.20. The molecule has 0 saturated carbocycles. The summed E-state index contributed by atoms with van der Waals surface area (Å²) < 4.78 is 42.0. The molecule has 0 unspecified atom stereocenters. The van der Waals surface area contributed by atoms with Crippen LogP contribution in [0.25, 0.3) is 21.3 Å². The summed E-state index contributed by atoms with van der Waals surface area (Å²) in [6, 6.07) is 9.15. The Kier molecular flexibility index (Phi) is 5.85. The summed E-state index contributed by atoms with van der Waals surface area (Å²) in [7, 11) is 0. The van der Waals surface area contributed by atoms with Gasteiger partial charge < -0.3 is 11.1 Å². The van der Waals surface area contributed by atoms with E-state index in [9.17, 15) is 22.8 Å². The molecule has 3 aromatic heterocycles. The van der Waals surface area contributed by atoms with Gasteiger partial charge in [-0.05, 0) is 24.1 Å². The Labute approximate surface area is 194 Å². The average molecular weight is 494 g/mol. The number of carbonyl (C=O) groups excluding carboxylic acids is 2. The number of fused-ring (bicyclic) bond motifs is 1. The van der Waals surface area contributed by atoms with Crippen LogP contribution in [0.3, 0.4) is 0 Å². The van der Waals surface area contributed by atoms with Gasteiger partial charge in [0, 0.05) is 11.9 Å². The third-order valence-electron chi connectivity index (χ3n) is 4.81. The van der Waals surface area contributed by atoms with E-state index in [-0.39, 0.29) is 37.1 Å². The van der Waals surface area contributed by atoms with Gasteiger partial charge in [-0.15, -0.1) is 11.3 Å². The molecule has 0 spiro atoms. The van der Waals surface area contributed by atoms with Crippen molar-refractivity contribution in [2.45, 2.75) is 19.6 Å². The highest BCUT2D eigenvalue weighted by Gasteiger charge is 2.35. The van der Waals surface area contributed by atoms with Gasteiger partial charge in [-0.2, -0.15) is 18.3 Å². The lowest BCUT2D eigenvalue weighted by Gasteiger charge is -2.13. The van der Waals surface area contributed by atoms with Crippen LogP contribution in [-0.4, -0.2) is 26.6 Å². The minimum atomic E-state index is -4.72. The number of nitrogens with two attached hydrogens (primary N) is 1. The van der Waals surface area contributed by atoms with Crippen molar-refractivity contribution in [1.82, 2.24) is 14.8 Å². The van der Waals surface area contributed by atoms with Crippen LogP contribution < -0.4 is 11.1 Å². The number of aromatic nitrogens is 3. The summed E-state index contributed by atoms with van der Waals surface area (Å²) in [4.78, 5) is 28.7. The standard InChI is InChI=1S/C21H15ClF3N5O2S/c1-2-30-16(12(22)9-27-30)19(32)29-15-14-11(10-6-4-3-5-7-10)8-13(21(23,24)25)28-20(14)33-17(15)18(26)31/h3-9H,2H2,1H3,(H2,26,31)(H,29,32). The smallest absolute Gasteiger partial charge is 0.365 e. The first-order chi connectivity index (χ1) is 15.6. The number of aryl methyl sites for hydroxylation is 1. The van der Waals surface area contributed by atoms with E-state index >= 15 is 0 Å². The molecule has 0 fully saturated rings. The van der Waals surface area contributed by atoms with E-state index in [1.54, 1.807) is 37.3 Å². The quantitative estimate of drug-likeness (QED) is 0.398. The summed E-state index contributed by atoms with van der Waals surface area (Å²) in [6.45, 7) is 2.10. The number of hydrogen-bond donors (Lipinski definition) is 2. The Morgan fingerprint density at radius 1 is 1.24 bits per heavy atom. The number of thiophene rings is 1. The lowest BCUT2D eigenvalue weighted by molar-refractivity contribution is -0.140. The first kappa shape index (κ1) is 22.7. The predicted octanol–water partition coefficient (Wildman–Crippen LogP) is 5.20. The second kappa shape index (κ2) is 8.49. The number of rotatable bonds is 5. The largest absolute Gasteiger partial charge is 0.433 e. The molecule has 0 atom stereocenters. The van der Waals surface area contributed by atoms with E-state index in [1.165, 1.54) is 10.9 Å².